The van der Waals surface area contributed by atoms with Crippen molar-refractivity contribution in [1.82, 2.24) is 4.98 Å². The van der Waals surface area contributed by atoms with Crippen LogP contribution in [0.5, 0.6) is 0 Å². The van der Waals surface area contributed by atoms with Gasteiger partial charge in [0.25, 0.3) is 0 Å². The summed E-state index contributed by atoms with van der Waals surface area (Å²) in [4.78, 5) is 4.43. The molecule has 1 N–H and O–H groups in total. The molecule has 1 atom stereocenters. The Morgan fingerprint density at radius 3 is 2.90 bits per heavy atom. The Labute approximate surface area is 131 Å². The molecule has 1 aliphatic rings. The van der Waals surface area contributed by atoms with Crippen molar-refractivity contribution < 1.29 is 0 Å². The quantitative estimate of drug-likeness (QED) is 0.662. The van der Waals surface area contributed by atoms with E-state index in [1.54, 1.807) is 0 Å². The fraction of sp³-hybridized carbons (Fsp3) is 0.0556. The monoisotopic (exact) mass is 336 g/mol. The van der Waals surface area contributed by atoms with Gasteiger partial charge in [-0.1, -0.05) is 46.3 Å². The third-order valence-electron chi connectivity index (χ3n) is 3.79. The maximum atomic E-state index is 4.43. The third-order valence-corrected chi connectivity index (χ3v) is 4.29. The summed E-state index contributed by atoms with van der Waals surface area (Å²) in [6.07, 6.45) is 6.22. The fourth-order valence-corrected chi connectivity index (χ4v) is 3.18. The Morgan fingerprint density at radius 1 is 1.05 bits per heavy atom. The molecule has 3 heteroatoms. The predicted molar refractivity (Wildman–Crippen MR) is 91.3 cm³/mol. The van der Waals surface area contributed by atoms with E-state index in [-0.39, 0.29) is 6.04 Å². The molecule has 21 heavy (non-hydrogen) atoms. The maximum absolute atomic E-state index is 4.43. The molecule has 0 aliphatic carbocycles. The van der Waals surface area contributed by atoms with Crippen LogP contribution in [-0.2, 0) is 0 Å². The van der Waals surface area contributed by atoms with Gasteiger partial charge in [0.2, 0.25) is 0 Å². The molecule has 0 amide bonds. The average molecular weight is 337 g/mol. The van der Waals surface area contributed by atoms with Crippen molar-refractivity contribution in [2.75, 3.05) is 5.32 Å². The van der Waals surface area contributed by atoms with Gasteiger partial charge in [-0.3, -0.25) is 4.98 Å². The number of aromatic nitrogens is 1. The summed E-state index contributed by atoms with van der Waals surface area (Å²) >= 11 is 3.54. The van der Waals surface area contributed by atoms with E-state index >= 15 is 0 Å². The van der Waals surface area contributed by atoms with Crippen molar-refractivity contribution in [2.24, 2.45) is 0 Å². The minimum absolute atomic E-state index is 0.181. The molecule has 0 spiro atoms. The lowest BCUT2D eigenvalue weighted by Crippen LogP contribution is -2.12. The van der Waals surface area contributed by atoms with Crippen LogP contribution in [-0.4, -0.2) is 4.98 Å². The minimum Gasteiger partial charge on any atom is -0.374 e. The number of nitrogens with one attached hydrogen (secondary N) is 1. The van der Waals surface area contributed by atoms with Crippen LogP contribution in [0.2, 0.25) is 0 Å². The van der Waals surface area contributed by atoms with Crippen LogP contribution in [0.4, 0.5) is 5.69 Å². The Kier molecular flexibility index (Phi) is 3.00. The highest BCUT2D eigenvalue weighted by molar-refractivity contribution is 9.10. The number of hydrogen-bond donors (Lipinski definition) is 1. The Morgan fingerprint density at radius 2 is 2.00 bits per heavy atom. The number of rotatable bonds is 1. The van der Waals surface area contributed by atoms with Gasteiger partial charge in [-0.2, -0.15) is 0 Å². The lowest BCUT2D eigenvalue weighted by Gasteiger charge is -2.24. The molecule has 1 aliphatic heterocycles. The van der Waals surface area contributed by atoms with E-state index in [1.807, 2.05) is 18.3 Å². The molecule has 0 saturated carbocycles. The molecule has 0 bridgehead atoms. The van der Waals surface area contributed by atoms with Gasteiger partial charge < -0.3 is 5.32 Å². The SMILES string of the molecule is Brc1cccc(C2C=Cc3ccc4ncccc4c3N2)c1. The first-order valence-electron chi connectivity index (χ1n) is 6.89. The van der Waals surface area contributed by atoms with Crippen LogP contribution in [0.1, 0.15) is 17.2 Å². The highest BCUT2D eigenvalue weighted by Crippen LogP contribution is 2.35. The van der Waals surface area contributed by atoms with E-state index in [9.17, 15) is 0 Å². The average Bonchev–Trinajstić information content (AvgIpc) is 2.54. The number of anilines is 1. The predicted octanol–water partition coefficient (Wildman–Crippen LogP) is 5.18. The summed E-state index contributed by atoms with van der Waals surface area (Å²) in [6, 6.07) is 16.9. The minimum atomic E-state index is 0.181. The van der Waals surface area contributed by atoms with Crippen molar-refractivity contribution in [3.8, 4) is 0 Å². The Bertz CT molecular complexity index is 855. The van der Waals surface area contributed by atoms with E-state index in [2.05, 4.69) is 74.8 Å². The normalized spacial score (nSPS) is 16.5. The lowest BCUT2D eigenvalue weighted by atomic mass is 9.98. The van der Waals surface area contributed by atoms with Crippen LogP contribution in [0.25, 0.3) is 17.0 Å². The molecular weight excluding hydrogens is 324 g/mol. The maximum Gasteiger partial charge on any atom is 0.0723 e. The van der Waals surface area contributed by atoms with Gasteiger partial charge in [0, 0.05) is 16.1 Å². The number of nitrogens with zero attached hydrogens (tertiary/aromatic N) is 1. The molecule has 3 aromatic rings. The van der Waals surface area contributed by atoms with Gasteiger partial charge >= 0.3 is 0 Å². The van der Waals surface area contributed by atoms with E-state index in [0.29, 0.717) is 0 Å². The zero-order valence-electron chi connectivity index (χ0n) is 11.3. The molecule has 1 aromatic heterocycles. The zero-order valence-corrected chi connectivity index (χ0v) is 12.8. The molecule has 1 unspecified atom stereocenters. The summed E-state index contributed by atoms with van der Waals surface area (Å²) < 4.78 is 1.10. The second-order valence-corrected chi connectivity index (χ2v) is 6.05. The van der Waals surface area contributed by atoms with Crippen molar-refractivity contribution in [3.63, 3.8) is 0 Å². The molecule has 2 nitrogen and oxygen atoms in total. The van der Waals surface area contributed by atoms with Gasteiger partial charge in [-0.25, -0.2) is 0 Å². The van der Waals surface area contributed by atoms with Crippen LogP contribution in [0, 0.1) is 0 Å². The molecule has 0 radical (unpaired) electrons. The third kappa shape index (κ3) is 2.24. The van der Waals surface area contributed by atoms with Gasteiger partial charge in [0.05, 0.1) is 17.2 Å². The summed E-state index contributed by atoms with van der Waals surface area (Å²) in [5, 5.41) is 4.80. The highest BCUT2D eigenvalue weighted by atomic mass is 79.9. The molecule has 2 heterocycles. The largest absolute Gasteiger partial charge is 0.374 e. The number of fused-ring (bicyclic) bond motifs is 3. The summed E-state index contributed by atoms with van der Waals surface area (Å²) in [5.74, 6) is 0. The number of hydrogen-bond acceptors (Lipinski definition) is 2. The lowest BCUT2D eigenvalue weighted by molar-refractivity contribution is 0.980. The molecule has 0 saturated heterocycles. The van der Waals surface area contributed by atoms with Crippen molar-refractivity contribution >= 4 is 38.6 Å². The van der Waals surface area contributed by atoms with Gasteiger partial charge in [0.1, 0.15) is 0 Å². The number of benzene rings is 2. The number of pyridine rings is 1. The topological polar surface area (TPSA) is 24.9 Å². The van der Waals surface area contributed by atoms with Gasteiger partial charge in [-0.05, 0) is 41.5 Å². The first kappa shape index (κ1) is 12.6. The second-order valence-electron chi connectivity index (χ2n) is 5.14. The molecular formula is C18H13BrN2. The van der Waals surface area contributed by atoms with Crippen LogP contribution >= 0.6 is 15.9 Å². The summed E-state index contributed by atoms with van der Waals surface area (Å²) in [6.45, 7) is 0. The van der Waals surface area contributed by atoms with Crippen LogP contribution < -0.4 is 5.32 Å². The van der Waals surface area contributed by atoms with E-state index < -0.39 is 0 Å². The van der Waals surface area contributed by atoms with E-state index in [0.717, 1.165) is 15.7 Å². The molecule has 4 rings (SSSR count). The Hall–Kier alpha value is -2.13. The Balaban J connectivity index is 1.82. The molecule has 2 aromatic carbocycles. The highest BCUT2D eigenvalue weighted by Gasteiger charge is 2.16. The summed E-state index contributed by atoms with van der Waals surface area (Å²) in [7, 11) is 0. The first-order chi connectivity index (χ1) is 10.3. The number of halogens is 1. The van der Waals surface area contributed by atoms with Crippen molar-refractivity contribution in [3.05, 3.63) is 76.4 Å². The van der Waals surface area contributed by atoms with Crippen molar-refractivity contribution in [2.45, 2.75) is 6.04 Å². The van der Waals surface area contributed by atoms with Gasteiger partial charge in [0.15, 0.2) is 0 Å². The summed E-state index contributed by atoms with van der Waals surface area (Å²) in [5.41, 5.74) is 4.63. The molecule has 102 valence electrons. The first-order valence-corrected chi connectivity index (χ1v) is 7.68. The molecule has 0 fully saturated rings. The van der Waals surface area contributed by atoms with E-state index in [4.69, 9.17) is 0 Å². The smallest absolute Gasteiger partial charge is 0.0723 e. The standard InChI is InChI=1S/C18H13BrN2/c19-14-4-1-3-13(11-14)16-8-6-12-7-9-17-15(18(12)21-16)5-2-10-20-17/h1-11,16,21H. The van der Waals surface area contributed by atoms with Crippen LogP contribution in [0.3, 0.4) is 0 Å². The zero-order chi connectivity index (χ0) is 14.2. The fourth-order valence-electron chi connectivity index (χ4n) is 2.77. The van der Waals surface area contributed by atoms with Crippen molar-refractivity contribution in [1.29, 1.82) is 0 Å². The van der Waals surface area contributed by atoms with E-state index in [1.165, 1.54) is 16.5 Å². The van der Waals surface area contributed by atoms with Gasteiger partial charge in [-0.15, -0.1) is 0 Å². The van der Waals surface area contributed by atoms with Crippen LogP contribution in [0.15, 0.2) is 65.3 Å². The second kappa shape index (κ2) is 5.01.